The minimum Gasteiger partial charge on any atom is -0.295 e. The highest BCUT2D eigenvalue weighted by atomic mass is 16.1. The molecule has 0 aromatic carbocycles. The molecule has 84 valence electrons. The normalized spacial score (nSPS) is 40.7. The largest absolute Gasteiger partial charge is 0.295 e. The van der Waals surface area contributed by atoms with Crippen LogP contribution in [0.3, 0.4) is 0 Å². The number of carbonyl (C=O) groups excluding carboxylic acids is 1. The molecule has 0 spiro atoms. The van der Waals surface area contributed by atoms with Crippen molar-refractivity contribution in [3.05, 3.63) is 12.2 Å². The van der Waals surface area contributed by atoms with Gasteiger partial charge in [-0.3, -0.25) is 4.79 Å². The predicted octanol–water partition coefficient (Wildman–Crippen LogP) is 3.59. The van der Waals surface area contributed by atoms with Gasteiger partial charge in [-0.25, -0.2) is 0 Å². The van der Waals surface area contributed by atoms with E-state index in [0.717, 1.165) is 24.7 Å². The summed E-state index contributed by atoms with van der Waals surface area (Å²) in [5.74, 6) is 2.53. The Kier molecular flexibility index (Phi) is 2.74. The molecule has 2 rings (SSSR count). The van der Waals surface area contributed by atoms with E-state index in [1.807, 2.05) is 6.08 Å². The maximum Gasteiger partial charge on any atom is 0.155 e. The number of carbonyl (C=O) groups is 1. The van der Waals surface area contributed by atoms with Crippen molar-refractivity contribution in [3.8, 4) is 0 Å². The standard InChI is InChI=1S/C14H22O/c1-10(2)13-7-5-11-4-6-12(15)8-9-14(11,13)3/h4,6,10-11,13H,5,7-9H2,1-3H3. The molecule has 15 heavy (non-hydrogen) atoms. The van der Waals surface area contributed by atoms with Crippen LogP contribution < -0.4 is 0 Å². The second-order valence-corrected chi connectivity index (χ2v) is 5.87. The topological polar surface area (TPSA) is 17.1 Å². The van der Waals surface area contributed by atoms with E-state index in [-0.39, 0.29) is 0 Å². The summed E-state index contributed by atoms with van der Waals surface area (Å²) in [7, 11) is 0. The summed E-state index contributed by atoms with van der Waals surface area (Å²) in [5.41, 5.74) is 0.386. The number of allylic oxidation sites excluding steroid dienone is 2. The second-order valence-electron chi connectivity index (χ2n) is 5.87. The van der Waals surface area contributed by atoms with Crippen molar-refractivity contribution < 1.29 is 4.79 Å². The smallest absolute Gasteiger partial charge is 0.155 e. The van der Waals surface area contributed by atoms with Gasteiger partial charge < -0.3 is 0 Å². The molecule has 0 bridgehead atoms. The van der Waals surface area contributed by atoms with Crippen LogP contribution in [0, 0.1) is 23.2 Å². The van der Waals surface area contributed by atoms with Gasteiger partial charge in [0, 0.05) is 6.42 Å². The van der Waals surface area contributed by atoms with Crippen LogP contribution in [0.2, 0.25) is 0 Å². The number of hydrogen-bond donors (Lipinski definition) is 0. The number of hydrogen-bond acceptors (Lipinski definition) is 1. The maximum atomic E-state index is 11.4. The van der Waals surface area contributed by atoms with Gasteiger partial charge in [-0.1, -0.05) is 26.8 Å². The Morgan fingerprint density at radius 3 is 2.80 bits per heavy atom. The zero-order valence-corrected chi connectivity index (χ0v) is 10.1. The lowest BCUT2D eigenvalue weighted by molar-refractivity contribution is -0.115. The molecule has 1 fully saturated rings. The van der Waals surface area contributed by atoms with E-state index in [2.05, 4.69) is 26.8 Å². The lowest BCUT2D eigenvalue weighted by atomic mass is 9.67. The molecule has 3 atom stereocenters. The van der Waals surface area contributed by atoms with Gasteiger partial charge in [-0.2, -0.15) is 0 Å². The van der Waals surface area contributed by atoms with Gasteiger partial charge in [-0.15, -0.1) is 0 Å². The first-order valence-electron chi connectivity index (χ1n) is 6.25. The molecule has 1 saturated carbocycles. The van der Waals surface area contributed by atoms with Gasteiger partial charge in [0.05, 0.1) is 0 Å². The van der Waals surface area contributed by atoms with E-state index in [9.17, 15) is 4.79 Å². The summed E-state index contributed by atoms with van der Waals surface area (Å²) in [6.07, 6.45) is 8.50. The summed E-state index contributed by atoms with van der Waals surface area (Å²) in [6, 6.07) is 0. The van der Waals surface area contributed by atoms with Gasteiger partial charge in [0.1, 0.15) is 0 Å². The quantitative estimate of drug-likeness (QED) is 0.640. The van der Waals surface area contributed by atoms with Crippen molar-refractivity contribution in [1.82, 2.24) is 0 Å². The third-order valence-electron chi connectivity index (χ3n) is 4.71. The fourth-order valence-corrected chi connectivity index (χ4v) is 3.77. The number of rotatable bonds is 1. The van der Waals surface area contributed by atoms with E-state index < -0.39 is 0 Å². The van der Waals surface area contributed by atoms with Gasteiger partial charge in [0.2, 0.25) is 0 Å². The highest BCUT2D eigenvalue weighted by Crippen LogP contribution is 2.54. The Labute approximate surface area is 92.9 Å². The maximum absolute atomic E-state index is 11.4. The van der Waals surface area contributed by atoms with Gasteiger partial charge in [0.25, 0.3) is 0 Å². The molecule has 0 aromatic rings. The van der Waals surface area contributed by atoms with E-state index in [1.54, 1.807) is 0 Å². The SMILES string of the molecule is CC(C)C1CCC2C=CC(=O)CCC21C. The Balaban J connectivity index is 2.26. The summed E-state index contributed by atoms with van der Waals surface area (Å²) >= 11 is 0. The van der Waals surface area contributed by atoms with Gasteiger partial charge in [-0.05, 0) is 48.5 Å². The summed E-state index contributed by atoms with van der Waals surface area (Å²) in [6.45, 7) is 7.06. The molecule has 0 saturated heterocycles. The molecule has 0 aliphatic heterocycles. The van der Waals surface area contributed by atoms with Crippen LogP contribution in [-0.4, -0.2) is 5.78 Å². The third-order valence-corrected chi connectivity index (χ3v) is 4.71. The molecule has 0 N–H and O–H groups in total. The van der Waals surface area contributed by atoms with Crippen molar-refractivity contribution in [2.24, 2.45) is 23.2 Å². The van der Waals surface area contributed by atoms with Crippen LogP contribution in [-0.2, 0) is 4.79 Å². The molecular formula is C14H22O. The van der Waals surface area contributed by atoms with Crippen LogP contribution in [0.4, 0.5) is 0 Å². The minimum absolute atomic E-state index is 0.327. The summed E-state index contributed by atoms with van der Waals surface area (Å²) in [4.78, 5) is 11.4. The van der Waals surface area contributed by atoms with Crippen LogP contribution >= 0.6 is 0 Å². The minimum atomic E-state index is 0.327. The fourth-order valence-electron chi connectivity index (χ4n) is 3.77. The third kappa shape index (κ3) is 1.77. The molecule has 1 heteroatoms. The molecule has 2 aliphatic carbocycles. The second kappa shape index (κ2) is 3.77. The van der Waals surface area contributed by atoms with Gasteiger partial charge in [0.15, 0.2) is 5.78 Å². The Hall–Kier alpha value is -0.590. The predicted molar refractivity (Wildman–Crippen MR) is 62.5 cm³/mol. The van der Waals surface area contributed by atoms with Crippen molar-refractivity contribution in [3.63, 3.8) is 0 Å². The van der Waals surface area contributed by atoms with Crippen LogP contribution in [0.25, 0.3) is 0 Å². The Morgan fingerprint density at radius 1 is 1.40 bits per heavy atom. The van der Waals surface area contributed by atoms with Crippen LogP contribution in [0.15, 0.2) is 12.2 Å². The highest BCUT2D eigenvalue weighted by molar-refractivity contribution is 5.90. The molecule has 2 aliphatic rings. The van der Waals surface area contributed by atoms with Crippen molar-refractivity contribution >= 4 is 5.78 Å². The van der Waals surface area contributed by atoms with E-state index in [0.29, 0.717) is 17.1 Å². The molecule has 1 nitrogen and oxygen atoms in total. The number of ketones is 1. The first-order valence-corrected chi connectivity index (χ1v) is 6.25. The van der Waals surface area contributed by atoms with E-state index in [1.165, 1.54) is 12.8 Å². The molecule has 3 unspecified atom stereocenters. The fraction of sp³-hybridized carbons (Fsp3) is 0.786. The first-order chi connectivity index (χ1) is 7.04. The lowest BCUT2D eigenvalue weighted by Gasteiger charge is -2.37. The zero-order valence-electron chi connectivity index (χ0n) is 10.1. The lowest BCUT2D eigenvalue weighted by Crippen LogP contribution is -2.30. The molecule has 0 amide bonds. The van der Waals surface area contributed by atoms with Crippen LogP contribution in [0.1, 0.15) is 46.5 Å². The highest BCUT2D eigenvalue weighted by Gasteiger charge is 2.46. The molecule has 0 radical (unpaired) electrons. The molecular weight excluding hydrogens is 184 g/mol. The Bertz CT molecular complexity index is 290. The first kappa shape index (κ1) is 10.9. The summed E-state index contributed by atoms with van der Waals surface area (Å²) < 4.78 is 0. The molecule has 0 aromatic heterocycles. The van der Waals surface area contributed by atoms with Gasteiger partial charge >= 0.3 is 0 Å². The molecule has 0 heterocycles. The Morgan fingerprint density at radius 2 is 2.13 bits per heavy atom. The average molecular weight is 206 g/mol. The summed E-state index contributed by atoms with van der Waals surface area (Å²) in [5, 5.41) is 0. The monoisotopic (exact) mass is 206 g/mol. The van der Waals surface area contributed by atoms with Crippen molar-refractivity contribution in [2.45, 2.75) is 46.5 Å². The van der Waals surface area contributed by atoms with E-state index in [4.69, 9.17) is 0 Å². The van der Waals surface area contributed by atoms with Crippen molar-refractivity contribution in [2.75, 3.05) is 0 Å². The van der Waals surface area contributed by atoms with Crippen molar-refractivity contribution in [1.29, 1.82) is 0 Å². The number of fused-ring (bicyclic) bond motifs is 1. The van der Waals surface area contributed by atoms with E-state index >= 15 is 0 Å². The average Bonchev–Trinajstić information content (AvgIpc) is 2.43. The zero-order chi connectivity index (χ0) is 11.1. The van der Waals surface area contributed by atoms with Crippen LogP contribution in [0.5, 0.6) is 0 Å².